The monoisotopic (exact) mass is 338 g/mol. The van der Waals surface area contributed by atoms with E-state index >= 15 is 0 Å². The van der Waals surface area contributed by atoms with Crippen molar-refractivity contribution in [3.8, 4) is 0 Å². The van der Waals surface area contributed by atoms with Crippen LogP contribution in [0.4, 0.5) is 11.4 Å². The van der Waals surface area contributed by atoms with E-state index < -0.39 is 0 Å². The van der Waals surface area contributed by atoms with E-state index in [1.807, 2.05) is 26.4 Å². The van der Waals surface area contributed by atoms with Crippen molar-refractivity contribution >= 4 is 17.3 Å². The third-order valence-corrected chi connectivity index (χ3v) is 4.54. The first-order chi connectivity index (χ1) is 12.1. The summed E-state index contributed by atoms with van der Waals surface area (Å²) in [5.41, 5.74) is 4.13. The molecule has 2 heterocycles. The first-order valence-electron chi connectivity index (χ1n) is 8.81. The van der Waals surface area contributed by atoms with Crippen LogP contribution in [0.3, 0.4) is 0 Å². The Balaban J connectivity index is 1.73. The van der Waals surface area contributed by atoms with E-state index in [2.05, 4.69) is 51.3 Å². The minimum Gasteiger partial charge on any atom is -0.352 e. The summed E-state index contributed by atoms with van der Waals surface area (Å²) in [5.74, 6) is -0.0618. The summed E-state index contributed by atoms with van der Waals surface area (Å²) in [6, 6.07) is 10.7. The Labute approximate surface area is 149 Å². The van der Waals surface area contributed by atoms with E-state index in [1.165, 1.54) is 11.3 Å². The number of carbonyl (C=O) groups excluding carboxylic acids is 1. The molecule has 1 aromatic carbocycles. The highest BCUT2D eigenvalue weighted by Crippen LogP contribution is 2.37. The molecule has 1 N–H and O–H groups in total. The zero-order valence-electron chi connectivity index (χ0n) is 15.2. The molecule has 5 nitrogen and oxygen atoms in total. The van der Waals surface area contributed by atoms with Crippen LogP contribution in [0.1, 0.15) is 29.3 Å². The second kappa shape index (κ2) is 7.66. The molecule has 0 fully saturated rings. The lowest BCUT2D eigenvalue weighted by Gasteiger charge is -2.25. The fraction of sp³-hybridized carbons (Fsp3) is 0.400. The lowest BCUT2D eigenvalue weighted by molar-refractivity contribution is 0.0952. The van der Waals surface area contributed by atoms with E-state index in [4.69, 9.17) is 0 Å². The number of hydrogen-bond donors (Lipinski definition) is 1. The zero-order valence-corrected chi connectivity index (χ0v) is 15.2. The maximum Gasteiger partial charge on any atom is 0.252 e. The van der Waals surface area contributed by atoms with Gasteiger partial charge in [-0.3, -0.25) is 9.78 Å². The van der Waals surface area contributed by atoms with Crippen LogP contribution in [0.2, 0.25) is 0 Å². The predicted molar refractivity (Wildman–Crippen MR) is 101 cm³/mol. The van der Waals surface area contributed by atoms with Crippen molar-refractivity contribution in [2.45, 2.75) is 25.8 Å². The second-order valence-corrected chi connectivity index (χ2v) is 6.90. The van der Waals surface area contributed by atoms with E-state index in [0.717, 1.165) is 25.1 Å². The third-order valence-electron chi connectivity index (χ3n) is 4.54. The molecule has 5 heteroatoms. The highest BCUT2D eigenvalue weighted by Gasteiger charge is 2.27. The van der Waals surface area contributed by atoms with Crippen LogP contribution in [-0.2, 0) is 6.42 Å². The Kier molecular flexibility index (Phi) is 5.34. The number of rotatable bonds is 6. The van der Waals surface area contributed by atoms with E-state index in [0.29, 0.717) is 18.2 Å². The molecular formula is C20H26N4O. The summed E-state index contributed by atoms with van der Waals surface area (Å²) < 4.78 is 0. The molecule has 0 saturated carbocycles. The number of aromatic nitrogens is 1. The number of nitrogens with one attached hydrogen (secondary N) is 1. The van der Waals surface area contributed by atoms with Crippen molar-refractivity contribution in [2.24, 2.45) is 0 Å². The fourth-order valence-corrected chi connectivity index (χ4v) is 3.34. The topological polar surface area (TPSA) is 48.5 Å². The van der Waals surface area contributed by atoms with Gasteiger partial charge in [0.2, 0.25) is 0 Å². The van der Waals surface area contributed by atoms with E-state index in [9.17, 15) is 4.79 Å². The van der Waals surface area contributed by atoms with Gasteiger partial charge in [0.05, 0.1) is 17.4 Å². The van der Waals surface area contributed by atoms with Crippen molar-refractivity contribution in [1.29, 1.82) is 0 Å². The number of benzene rings is 1. The standard InChI is InChI=1S/C20H26N4O/c1-15-11-16-7-4-5-8-19(16)24(15)18-12-17(13-21-14-18)20(25)22-9-6-10-23(2)3/h4-5,7-8,12-15H,6,9-11H2,1-3H3,(H,22,25). The van der Waals surface area contributed by atoms with Gasteiger partial charge in [0, 0.05) is 24.5 Å². The first-order valence-corrected chi connectivity index (χ1v) is 8.81. The van der Waals surface area contributed by atoms with Crippen LogP contribution < -0.4 is 10.2 Å². The van der Waals surface area contributed by atoms with Gasteiger partial charge in [-0.1, -0.05) is 18.2 Å². The Morgan fingerprint density at radius 2 is 2.12 bits per heavy atom. The van der Waals surface area contributed by atoms with Crippen molar-refractivity contribution in [3.63, 3.8) is 0 Å². The Hall–Kier alpha value is -2.40. The number of fused-ring (bicyclic) bond motifs is 1. The number of pyridine rings is 1. The number of nitrogens with zero attached hydrogens (tertiary/aromatic N) is 3. The molecule has 0 spiro atoms. The molecule has 1 aliphatic heterocycles. The molecule has 0 saturated heterocycles. The van der Waals surface area contributed by atoms with Gasteiger partial charge in [0.1, 0.15) is 0 Å². The molecule has 1 unspecified atom stereocenters. The summed E-state index contributed by atoms with van der Waals surface area (Å²) >= 11 is 0. The lowest BCUT2D eigenvalue weighted by Crippen LogP contribution is -2.28. The molecule has 1 atom stereocenters. The fourth-order valence-electron chi connectivity index (χ4n) is 3.34. The summed E-state index contributed by atoms with van der Waals surface area (Å²) in [4.78, 5) is 21.1. The van der Waals surface area contributed by atoms with Gasteiger partial charge in [-0.15, -0.1) is 0 Å². The first kappa shape index (κ1) is 17.4. The summed E-state index contributed by atoms with van der Waals surface area (Å²) in [5, 5.41) is 2.98. The van der Waals surface area contributed by atoms with Gasteiger partial charge in [-0.25, -0.2) is 0 Å². The van der Waals surface area contributed by atoms with Gasteiger partial charge in [0.25, 0.3) is 5.91 Å². The Bertz CT molecular complexity index is 744. The van der Waals surface area contributed by atoms with Crippen LogP contribution in [0.25, 0.3) is 0 Å². The molecule has 25 heavy (non-hydrogen) atoms. The molecule has 1 amide bonds. The number of hydrogen-bond acceptors (Lipinski definition) is 4. The normalized spacial score (nSPS) is 16.2. The molecule has 1 aromatic heterocycles. The van der Waals surface area contributed by atoms with Gasteiger partial charge < -0.3 is 15.1 Å². The lowest BCUT2D eigenvalue weighted by atomic mass is 10.1. The predicted octanol–water partition coefficient (Wildman–Crippen LogP) is 2.85. The summed E-state index contributed by atoms with van der Waals surface area (Å²) in [7, 11) is 4.06. The van der Waals surface area contributed by atoms with Crippen molar-refractivity contribution in [2.75, 3.05) is 32.1 Å². The van der Waals surface area contributed by atoms with Crippen LogP contribution in [0, 0.1) is 0 Å². The number of carbonyl (C=O) groups is 1. The Morgan fingerprint density at radius 1 is 1.32 bits per heavy atom. The van der Waals surface area contributed by atoms with Crippen LogP contribution in [0.5, 0.6) is 0 Å². The van der Waals surface area contributed by atoms with Crippen molar-refractivity contribution in [1.82, 2.24) is 15.2 Å². The second-order valence-electron chi connectivity index (χ2n) is 6.90. The van der Waals surface area contributed by atoms with Crippen LogP contribution in [0.15, 0.2) is 42.7 Å². The number of anilines is 2. The molecule has 132 valence electrons. The average molecular weight is 338 g/mol. The molecule has 2 aromatic rings. The molecule has 0 aliphatic carbocycles. The SMILES string of the molecule is CC1Cc2ccccc2N1c1cncc(C(=O)NCCCN(C)C)c1. The largest absolute Gasteiger partial charge is 0.352 e. The van der Waals surface area contributed by atoms with Gasteiger partial charge >= 0.3 is 0 Å². The molecule has 1 aliphatic rings. The molecule has 0 bridgehead atoms. The maximum absolute atomic E-state index is 12.4. The summed E-state index contributed by atoms with van der Waals surface area (Å²) in [6.07, 6.45) is 5.42. The average Bonchev–Trinajstić information content (AvgIpc) is 2.94. The molecular weight excluding hydrogens is 312 g/mol. The smallest absolute Gasteiger partial charge is 0.252 e. The van der Waals surface area contributed by atoms with Gasteiger partial charge in [-0.2, -0.15) is 0 Å². The zero-order chi connectivity index (χ0) is 17.8. The van der Waals surface area contributed by atoms with E-state index in [-0.39, 0.29) is 5.91 Å². The van der Waals surface area contributed by atoms with Crippen molar-refractivity contribution in [3.05, 3.63) is 53.9 Å². The molecule has 0 radical (unpaired) electrons. The maximum atomic E-state index is 12.4. The highest BCUT2D eigenvalue weighted by molar-refractivity contribution is 5.95. The quantitative estimate of drug-likeness (QED) is 0.823. The molecule has 3 rings (SSSR count). The third kappa shape index (κ3) is 3.99. The number of amides is 1. The van der Waals surface area contributed by atoms with Crippen LogP contribution >= 0.6 is 0 Å². The number of para-hydroxylation sites is 1. The Morgan fingerprint density at radius 3 is 2.92 bits per heavy atom. The summed E-state index contributed by atoms with van der Waals surface area (Å²) in [6.45, 7) is 3.83. The van der Waals surface area contributed by atoms with Gasteiger partial charge in [0.15, 0.2) is 0 Å². The van der Waals surface area contributed by atoms with Gasteiger partial charge in [-0.05, 0) is 58.1 Å². The van der Waals surface area contributed by atoms with Crippen LogP contribution in [-0.4, -0.2) is 49.0 Å². The van der Waals surface area contributed by atoms with Crippen molar-refractivity contribution < 1.29 is 4.79 Å². The minimum absolute atomic E-state index is 0.0618. The highest BCUT2D eigenvalue weighted by atomic mass is 16.1. The minimum atomic E-state index is -0.0618. The van der Waals surface area contributed by atoms with E-state index in [1.54, 1.807) is 6.20 Å².